The maximum Gasteiger partial charge on any atom is 0.164 e. The van der Waals surface area contributed by atoms with Gasteiger partial charge >= 0.3 is 0 Å². The van der Waals surface area contributed by atoms with Gasteiger partial charge in [0.25, 0.3) is 0 Å². The Morgan fingerprint density at radius 1 is 0.206 bits per heavy atom. The van der Waals surface area contributed by atoms with Gasteiger partial charge in [-0.2, -0.15) is 0 Å². The monoisotopic (exact) mass is 867 g/mol. The molecule has 0 fully saturated rings. The smallest absolute Gasteiger partial charge is 0.164 e. The lowest BCUT2D eigenvalue weighted by atomic mass is 10.0. The van der Waals surface area contributed by atoms with E-state index in [4.69, 9.17) is 15.0 Å². The van der Waals surface area contributed by atoms with Gasteiger partial charge in [0.1, 0.15) is 0 Å². The Labute approximate surface area is 393 Å². The fourth-order valence-electron chi connectivity index (χ4n) is 9.89. The largest absolute Gasteiger partial charge is 0.309 e. The van der Waals surface area contributed by atoms with Crippen LogP contribution in [0.3, 0.4) is 0 Å². The maximum absolute atomic E-state index is 5.11. The Bertz CT molecular complexity index is 4000. The lowest BCUT2D eigenvalue weighted by Gasteiger charge is -2.12. The molecule has 0 bridgehead atoms. The molecule has 318 valence electrons. The predicted octanol–water partition coefficient (Wildman–Crippen LogP) is 16.1. The maximum atomic E-state index is 5.11. The van der Waals surface area contributed by atoms with E-state index < -0.39 is 0 Å². The molecule has 3 heterocycles. The fourth-order valence-corrected chi connectivity index (χ4v) is 9.89. The lowest BCUT2D eigenvalue weighted by Crippen LogP contribution is -2.00. The molecule has 0 unspecified atom stereocenters. The van der Waals surface area contributed by atoms with E-state index in [0.717, 1.165) is 61.4 Å². The molecule has 0 radical (unpaired) electrons. The van der Waals surface area contributed by atoms with Crippen molar-refractivity contribution in [2.75, 3.05) is 0 Å². The van der Waals surface area contributed by atoms with Crippen LogP contribution in [0.4, 0.5) is 0 Å². The third-order valence-electron chi connectivity index (χ3n) is 13.2. The Kier molecular flexibility index (Phi) is 9.43. The van der Waals surface area contributed by atoms with Crippen LogP contribution in [0, 0.1) is 0 Å². The molecule has 10 aromatic carbocycles. The Morgan fingerprint density at radius 3 is 1.31 bits per heavy atom. The number of hydrogen-bond donors (Lipinski definition) is 0. The van der Waals surface area contributed by atoms with Crippen molar-refractivity contribution in [3.8, 4) is 78.9 Å². The highest BCUT2D eigenvalue weighted by molar-refractivity contribution is 6.11. The number of aromatic nitrogens is 5. The minimum atomic E-state index is 0.626. The van der Waals surface area contributed by atoms with Gasteiger partial charge in [0.15, 0.2) is 17.5 Å². The van der Waals surface area contributed by atoms with Crippen LogP contribution in [0.5, 0.6) is 0 Å². The molecule has 13 aromatic rings. The van der Waals surface area contributed by atoms with Crippen molar-refractivity contribution in [2.24, 2.45) is 0 Å². The van der Waals surface area contributed by atoms with Crippen LogP contribution in [-0.4, -0.2) is 24.1 Å². The van der Waals surface area contributed by atoms with Crippen LogP contribution in [0.2, 0.25) is 0 Å². The van der Waals surface area contributed by atoms with Gasteiger partial charge in [0, 0.05) is 49.6 Å². The van der Waals surface area contributed by atoms with Crippen LogP contribution >= 0.6 is 0 Å². The van der Waals surface area contributed by atoms with Gasteiger partial charge in [-0.3, -0.25) is 0 Å². The lowest BCUT2D eigenvalue weighted by molar-refractivity contribution is 1.07. The third-order valence-corrected chi connectivity index (χ3v) is 13.2. The molecule has 5 heteroatoms. The van der Waals surface area contributed by atoms with Crippen molar-refractivity contribution in [3.63, 3.8) is 0 Å². The minimum absolute atomic E-state index is 0.626. The van der Waals surface area contributed by atoms with Crippen molar-refractivity contribution in [1.82, 2.24) is 24.1 Å². The first-order chi connectivity index (χ1) is 33.7. The van der Waals surface area contributed by atoms with E-state index in [1.165, 1.54) is 43.7 Å². The SMILES string of the molecule is c1ccc(-c2ccc(-c3nc(-c4ccccc4)nc(-c4cccc(-c5ccc6c(c5)c5ccccc5n6-c5cccc(-c6ccc7c8ccccc8n(-c8ccccc8)c7c6)c5)c4)n3)cc2)cc1. The first-order valence-electron chi connectivity index (χ1n) is 23.0. The molecule has 0 aliphatic rings. The molecular formula is C63H41N5. The second-order valence-corrected chi connectivity index (χ2v) is 17.3. The van der Waals surface area contributed by atoms with Crippen LogP contribution in [0.15, 0.2) is 249 Å². The van der Waals surface area contributed by atoms with Gasteiger partial charge in [0.2, 0.25) is 0 Å². The van der Waals surface area contributed by atoms with E-state index >= 15 is 0 Å². The van der Waals surface area contributed by atoms with Gasteiger partial charge < -0.3 is 9.13 Å². The molecule has 0 saturated heterocycles. The molecule has 0 N–H and O–H groups in total. The molecule has 68 heavy (non-hydrogen) atoms. The second kappa shape index (κ2) is 16.4. The number of para-hydroxylation sites is 3. The topological polar surface area (TPSA) is 48.5 Å². The summed E-state index contributed by atoms with van der Waals surface area (Å²) < 4.78 is 4.78. The van der Waals surface area contributed by atoms with E-state index in [2.05, 4.69) is 221 Å². The zero-order valence-electron chi connectivity index (χ0n) is 36.9. The molecule has 3 aromatic heterocycles. The fraction of sp³-hybridized carbons (Fsp3) is 0. The average molecular weight is 868 g/mol. The third kappa shape index (κ3) is 6.84. The Balaban J connectivity index is 0.885. The summed E-state index contributed by atoms with van der Waals surface area (Å²) in [7, 11) is 0. The van der Waals surface area contributed by atoms with Gasteiger partial charge in [-0.25, -0.2) is 15.0 Å². The molecule has 0 saturated carbocycles. The standard InChI is InChI=1S/C63H41N5/c1-4-16-42(17-5-1)43-30-32-45(33-31-43)62-64-61(44-18-6-2-7-19-44)65-63(66-62)50-22-14-20-46(38-50)48-35-37-59-56(40-48)54-27-11-13-29-58(54)68(59)52-25-15-21-47(39-52)49-34-36-55-53-26-10-12-28-57(53)67(60(55)41-49)51-23-8-3-9-24-51/h1-41H. The second-order valence-electron chi connectivity index (χ2n) is 17.3. The summed E-state index contributed by atoms with van der Waals surface area (Å²) in [4.78, 5) is 15.2. The summed E-state index contributed by atoms with van der Waals surface area (Å²) in [6.45, 7) is 0. The first-order valence-corrected chi connectivity index (χ1v) is 23.0. The van der Waals surface area contributed by atoms with E-state index in [1.807, 2.05) is 36.4 Å². The molecule has 0 amide bonds. The van der Waals surface area contributed by atoms with Crippen molar-refractivity contribution in [3.05, 3.63) is 249 Å². The molecule has 0 aliphatic carbocycles. The molecule has 0 atom stereocenters. The van der Waals surface area contributed by atoms with Crippen molar-refractivity contribution in [1.29, 1.82) is 0 Å². The van der Waals surface area contributed by atoms with Crippen LogP contribution in [0.1, 0.15) is 0 Å². The van der Waals surface area contributed by atoms with Crippen LogP contribution in [0.25, 0.3) is 123 Å². The highest BCUT2D eigenvalue weighted by atomic mass is 15.0. The molecule has 0 aliphatic heterocycles. The molecule has 5 nitrogen and oxygen atoms in total. The average Bonchev–Trinajstić information content (AvgIpc) is 3.94. The number of benzene rings is 10. The normalized spacial score (nSPS) is 11.5. The summed E-state index contributed by atoms with van der Waals surface area (Å²) in [5.74, 6) is 1.89. The minimum Gasteiger partial charge on any atom is -0.309 e. The predicted molar refractivity (Wildman–Crippen MR) is 281 cm³/mol. The van der Waals surface area contributed by atoms with Crippen LogP contribution in [-0.2, 0) is 0 Å². The van der Waals surface area contributed by atoms with Gasteiger partial charge in [0.05, 0.1) is 22.1 Å². The van der Waals surface area contributed by atoms with Gasteiger partial charge in [-0.05, 0) is 94.0 Å². The van der Waals surface area contributed by atoms with Crippen molar-refractivity contribution in [2.45, 2.75) is 0 Å². The number of hydrogen-bond acceptors (Lipinski definition) is 3. The molecule has 0 spiro atoms. The van der Waals surface area contributed by atoms with E-state index in [-0.39, 0.29) is 0 Å². The first kappa shape index (κ1) is 39.2. The number of rotatable bonds is 8. The summed E-state index contributed by atoms with van der Waals surface area (Å²) in [6.07, 6.45) is 0. The van der Waals surface area contributed by atoms with E-state index in [0.29, 0.717) is 17.5 Å². The van der Waals surface area contributed by atoms with E-state index in [9.17, 15) is 0 Å². The summed E-state index contributed by atoms with van der Waals surface area (Å²) in [5, 5.41) is 4.89. The highest BCUT2D eigenvalue weighted by Gasteiger charge is 2.18. The van der Waals surface area contributed by atoms with Crippen molar-refractivity contribution >= 4 is 43.6 Å². The Morgan fingerprint density at radius 2 is 0.603 bits per heavy atom. The number of fused-ring (bicyclic) bond motifs is 6. The zero-order chi connectivity index (χ0) is 45.0. The number of nitrogens with zero attached hydrogens (tertiary/aromatic N) is 5. The van der Waals surface area contributed by atoms with E-state index in [1.54, 1.807) is 0 Å². The van der Waals surface area contributed by atoms with Gasteiger partial charge in [-0.15, -0.1) is 0 Å². The summed E-state index contributed by atoms with van der Waals surface area (Å²) in [5.41, 5.74) is 16.6. The molecule has 13 rings (SSSR count). The van der Waals surface area contributed by atoms with Crippen molar-refractivity contribution < 1.29 is 0 Å². The summed E-state index contributed by atoms with van der Waals surface area (Å²) in [6, 6.07) is 88.3. The molecular weight excluding hydrogens is 827 g/mol. The highest BCUT2D eigenvalue weighted by Crippen LogP contribution is 2.39. The summed E-state index contributed by atoms with van der Waals surface area (Å²) >= 11 is 0. The Hall–Kier alpha value is -9.19. The van der Waals surface area contributed by atoms with Gasteiger partial charge in [-0.1, -0.05) is 188 Å². The zero-order valence-corrected chi connectivity index (χ0v) is 36.9. The quantitative estimate of drug-likeness (QED) is 0.153. The van der Waals surface area contributed by atoms with Crippen LogP contribution < -0.4 is 0 Å².